The summed E-state index contributed by atoms with van der Waals surface area (Å²) in [5.74, 6) is 2.51. The van der Waals surface area contributed by atoms with Gasteiger partial charge in [0, 0.05) is 4.43 Å². The summed E-state index contributed by atoms with van der Waals surface area (Å²) in [6, 6.07) is 0. The van der Waals surface area contributed by atoms with Gasteiger partial charge in [0.1, 0.15) is 0 Å². The van der Waals surface area contributed by atoms with E-state index in [4.69, 9.17) is 0 Å². The molecular formula is C13H23IO. The van der Waals surface area contributed by atoms with Crippen LogP contribution >= 0.6 is 22.6 Å². The molecule has 15 heavy (non-hydrogen) atoms. The molecule has 0 heterocycles. The first-order valence-corrected chi connectivity index (χ1v) is 7.86. The molecule has 2 aliphatic carbocycles. The van der Waals surface area contributed by atoms with Gasteiger partial charge in [-0.05, 0) is 48.9 Å². The molecule has 0 amide bonds. The minimum absolute atomic E-state index is 0.0253. The maximum absolute atomic E-state index is 10.2. The average Bonchev–Trinajstić information content (AvgIpc) is 2.57. The molecule has 0 bridgehead atoms. The van der Waals surface area contributed by atoms with E-state index in [1.165, 1.54) is 30.1 Å². The van der Waals surface area contributed by atoms with Gasteiger partial charge >= 0.3 is 0 Å². The van der Waals surface area contributed by atoms with Crippen LogP contribution in [0.1, 0.15) is 46.0 Å². The van der Waals surface area contributed by atoms with Crippen molar-refractivity contribution in [2.75, 3.05) is 4.43 Å². The van der Waals surface area contributed by atoms with Crippen molar-refractivity contribution in [3.05, 3.63) is 0 Å². The minimum atomic E-state index is -0.0253. The van der Waals surface area contributed by atoms with Crippen LogP contribution in [0.3, 0.4) is 0 Å². The first-order valence-electron chi connectivity index (χ1n) is 6.33. The van der Waals surface area contributed by atoms with E-state index >= 15 is 0 Å². The highest BCUT2D eigenvalue weighted by molar-refractivity contribution is 14.1. The first kappa shape index (κ1) is 12.2. The minimum Gasteiger partial charge on any atom is -0.393 e. The Balaban J connectivity index is 2.15. The smallest absolute Gasteiger partial charge is 0.0596 e. The normalized spacial score (nSPS) is 47.6. The molecule has 0 aromatic carbocycles. The van der Waals surface area contributed by atoms with Gasteiger partial charge in [-0.1, -0.05) is 42.9 Å². The van der Waals surface area contributed by atoms with Crippen molar-refractivity contribution >= 4 is 22.6 Å². The number of aliphatic hydroxyl groups is 1. The fourth-order valence-electron chi connectivity index (χ4n) is 3.97. The summed E-state index contributed by atoms with van der Waals surface area (Å²) in [6.07, 6.45) is 6.22. The molecule has 0 aromatic heterocycles. The van der Waals surface area contributed by atoms with Crippen molar-refractivity contribution in [2.24, 2.45) is 23.2 Å². The van der Waals surface area contributed by atoms with Crippen LogP contribution in [0.15, 0.2) is 0 Å². The molecule has 88 valence electrons. The maximum atomic E-state index is 10.2. The molecule has 2 rings (SSSR count). The fraction of sp³-hybridized carbons (Fsp3) is 1.00. The van der Waals surface area contributed by atoms with E-state index in [0.29, 0.717) is 0 Å². The van der Waals surface area contributed by atoms with E-state index < -0.39 is 0 Å². The average molecular weight is 322 g/mol. The number of fused-ring (bicyclic) bond motifs is 1. The van der Waals surface area contributed by atoms with Crippen molar-refractivity contribution in [1.29, 1.82) is 0 Å². The van der Waals surface area contributed by atoms with E-state index in [1.807, 2.05) is 0 Å². The summed E-state index contributed by atoms with van der Waals surface area (Å²) in [4.78, 5) is 0. The van der Waals surface area contributed by atoms with Gasteiger partial charge in [-0.15, -0.1) is 0 Å². The molecule has 5 atom stereocenters. The van der Waals surface area contributed by atoms with Gasteiger partial charge in [0.15, 0.2) is 0 Å². The fourth-order valence-corrected chi connectivity index (χ4v) is 4.62. The number of hydrogen-bond donors (Lipinski definition) is 1. The molecule has 1 nitrogen and oxygen atoms in total. The van der Waals surface area contributed by atoms with Gasteiger partial charge in [-0.25, -0.2) is 0 Å². The van der Waals surface area contributed by atoms with E-state index in [9.17, 15) is 5.11 Å². The highest BCUT2D eigenvalue weighted by Gasteiger charge is 2.51. The second-order valence-electron chi connectivity index (χ2n) is 5.89. The lowest BCUT2D eigenvalue weighted by atomic mass is 9.64. The highest BCUT2D eigenvalue weighted by atomic mass is 127. The lowest BCUT2D eigenvalue weighted by Gasteiger charge is -2.43. The Labute approximate surface area is 107 Å². The van der Waals surface area contributed by atoms with Gasteiger partial charge < -0.3 is 5.11 Å². The summed E-state index contributed by atoms with van der Waals surface area (Å²) in [6.45, 7) is 4.73. The van der Waals surface area contributed by atoms with Crippen molar-refractivity contribution in [3.63, 3.8) is 0 Å². The molecule has 2 saturated carbocycles. The lowest BCUT2D eigenvalue weighted by Crippen LogP contribution is -2.41. The topological polar surface area (TPSA) is 20.2 Å². The largest absolute Gasteiger partial charge is 0.393 e. The monoisotopic (exact) mass is 322 g/mol. The Kier molecular flexibility index (Phi) is 3.66. The maximum Gasteiger partial charge on any atom is 0.0596 e. The van der Waals surface area contributed by atoms with Crippen molar-refractivity contribution in [2.45, 2.75) is 52.1 Å². The summed E-state index contributed by atoms with van der Waals surface area (Å²) in [5.41, 5.74) is 0.253. The Morgan fingerprint density at radius 2 is 2.13 bits per heavy atom. The Bertz CT molecular complexity index is 231. The number of aliphatic hydroxyl groups excluding tert-OH is 1. The van der Waals surface area contributed by atoms with Crippen molar-refractivity contribution < 1.29 is 5.11 Å². The third kappa shape index (κ3) is 1.97. The molecule has 0 spiro atoms. The molecule has 2 heteroatoms. The van der Waals surface area contributed by atoms with Crippen LogP contribution in [0.4, 0.5) is 0 Å². The van der Waals surface area contributed by atoms with Gasteiger partial charge in [-0.2, -0.15) is 0 Å². The molecule has 0 radical (unpaired) electrons. The van der Waals surface area contributed by atoms with Crippen LogP contribution in [-0.2, 0) is 0 Å². The summed E-state index contributed by atoms with van der Waals surface area (Å²) in [7, 11) is 0. The molecular weight excluding hydrogens is 299 g/mol. The lowest BCUT2D eigenvalue weighted by molar-refractivity contribution is -0.0377. The summed E-state index contributed by atoms with van der Waals surface area (Å²) >= 11 is 2.51. The summed E-state index contributed by atoms with van der Waals surface area (Å²) in [5, 5.41) is 10.2. The zero-order valence-corrected chi connectivity index (χ0v) is 12.0. The van der Waals surface area contributed by atoms with Crippen LogP contribution in [0.2, 0.25) is 0 Å². The van der Waals surface area contributed by atoms with Gasteiger partial charge in [0.2, 0.25) is 0 Å². The standard InChI is InChI=1S/C13H23IO/c1-9(8-14)10-6-7-13(2)11(10)4-3-5-12(13)15/h9-12,15H,3-8H2,1-2H3/t9-,10+,11?,12?,13-/m0/s1. The second kappa shape index (κ2) is 4.52. The van der Waals surface area contributed by atoms with Crippen LogP contribution in [0.5, 0.6) is 0 Å². The molecule has 2 fully saturated rings. The third-order valence-corrected chi connectivity index (χ3v) is 6.50. The van der Waals surface area contributed by atoms with Crippen LogP contribution in [-0.4, -0.2) is 15.6 Å². The molecule has 2 aliphatic rings. The summed E-state index contributed by atoms with van der Waals surface area (Å²) < 4.78 is 1.27. The van der Waals surface area contributed by atoms with E-state index in [1.54, 1.807) is 0 Å². The number of alkyl halides is 1. The molecule has 0 aromatic rings. The van der Waals surface area contributed by atoms with E-state index in [-0.39, 0.29) is 11.5 Å². The first-order chi connectivity index (χ1) is 7.09. The van der Waals surface area contributed by atoms with Crippen LogP contribution < -0.4 is 0 Å². The predicted octanol–water partition coefficient (Wildman–Crippen LogP) is 3.63. The number of rotatable bonds is 2. The van der Waals surface area contributed by atoms with Crippen LogP contribution in [0, 0.1) is 23.2 Å². The Morgan fingerprint density at radius 3 is 2.80 bits per heavy atom. The zero-order chi connectivity index (χ0) is 11.1. The van der Waals surface area contributed by atoms with Gasteiger partial charge in [0.25, 0.3) is 0 Å². The van der Waals surface area contributed by atoms with Gasteiger partial charge in [0.05, 0.1) is 6.10 Å². The van der Waals surface area contributed by atoms with E-state index in [2.05, 4.69) is 36.4 Å². The molecule has 1 N–H and O–H groups in total. The predicted molar refractivity (Wildman–Crippen MR) is 72.2 cm³/mol. The quantitative estimate of drug-likeness (QED) is 0.608. The number of hydrogen-bond acceptors (Lipinski definition) is 1. The Morgan fingerprint density at radius 1 is 1.40 bits per heavy atom. The second-order valence-corrected chi connectivity index (χ2v) is 6.77. The zero-order valence-electron chi connectivity index (χ0n) is 9.88. The van der Waals surface area contributed by atoms with Crippen molar-refractivity contribution in [1.82, 2.24) is 0 Å². The highest BCUT2D eigenvalue weighted by Crippen LogP contribution is 2.56. The number of halogens is 1. The Hall–Kier alpha value is 0.690. The van der Waals surface area contributed by atoms with Gasteiger partial charge in [-0.3, -0.25) is 0 Å². The third-order valence-electron chi connectivity index (χ3n) is 5.11. The molecule has 2 unspecified atom stereocenters. The molecule has 0 saturated heterocycles. The van der Waals surface area contributed by atoms with Crippen molar-refractivity contribution in [3.8, 4) is 0 Å². The van der Waals surface area contributed by atoms with Crippen LogP contribution in [0.25, 0.3) is 0 Å². The SMILES string of the molecule is C[C@@H](CI)[C@H]1CC[C@]2(C)C(O)CCCC12. The van der Waals surface area contributed by atoms with E-state index in [0.717, 1.165) is 24.2 Å². The molecule has 0 aliphatic heterocycles.